The third kappa shape index (κ3) is 16.2. The molecule has 23 nitrogen and oxygen atoms in total. The number of carbonyl (C=O) groups excluding carboxylic acids is 10. The molecule has 0 spiro atoms. The van der Waals surface area contributed by atoms with E-state index in [-0.39, 0.29) is 0 Å². The summed E-state index contributed by atoms with van der Waals surface area (Å²) in [5, 5.41) is 5.64. The molecule has 3 N–H and O–H groups in total. The van der Waals surface area contributed by atoms with Crippen molar-refractivity contribution >= 4 is 94.6 Å². The Morgan fingerprint density at radius 3 is 1.12 bits per heavy atom. The van der Waals surface area contributed by atoms with Crippen molar-refractivity contribution in [3.05, 3.63) is 0 Å². The van der Waals surface area contributed by atoms with Crippen LogP contribution in [0.15, 0.2) is 0 Å². The van der Waals surface area contributed by atoms with E-state index in [9.17, 15) is 47.9 Å². The molecule has 15 atom stereocenters. The molecule has 3 aliphatic rings. The second kappa shape index (κ2) is 24.7. The maximum absolute atomic E-state index is 13.0. The van der Waals surface area contributed by atoms with Crippen LogP contribution in [0.1, 0.15) is 69.2 Å². The van der Waals surface area contributed by atoms with Gasteiger partial charge in [0.1, 0.15) is 79.3 Å². The fraction of sp³-hybridized carbons (Fsp3) is 0.737. The van der Waals surface area contributed by atoms with Crippen LogP contribution in [0.4, 0.5) is 0 Å². The second-order valence-electron chi connectivity index (χ2n) is 14.7. The third-order valence-electron chi connectivity index (χ3n) is 9.18. The number of rotatable bonds is 17. The zero-order valence-corrected chi connectivity index (χ0v) is 39.0. The Balaban J connectivity index is 2.28. The molecule has 0 radical (unpaired) electrons. The van der Waals surface area contributed by atoms with E-state index in [0.29, 0.717) is 0 Å². The van der Waals surface area contributed by atoms with E-state index in [2.05, 4.69) is 16.0 Å². The summed E-state index contributed by atoms with van der Waals surface area (Å²) in [6.07, 6.45) is -9.56. The van der Waals surface area contributed by atoms with Crippen LogP contribution >= 0.6 is 35.1 Å². The lowest BCUT2D eigenvalue weighted by molar-refractivity contribution is -0.212. The summed E-state index contributed by atoms with van der Waals surface area (Å²) in [6, 6.07) is -3.91. The highest BCUT2D eigenvalue weighted by atomic mass is 35.5. The maximum atomic E-state index is 13.0. The number of thioether (sulfide) groups is 2. The Morgan fingerprint density at radius 1 is 0.422 bits per heavy atom. The molecule has 3 heterocycles. The van der Waals surface area contributed by atoms with E-state index in [1.54, 1.807) is 0 Å². The van der Waals surface area contributed by atoms with Gasteiger partial charge in [-0.2, -0.15) is 0 Å². The van der Waals surface area contributed by atoms with Gasteiger partial charge in [-0.15, -0.1) is 23.5 Å². The summed E-state index contributed by atoms with van der Waals surface area (Å²) < 4.78 is 57.8. The highest BCUT2D eigenvalue weighted by Gasteiger charge is 2.57. The van der Waals surface area contributed by atoms with Crippen molar-refractivity contribution in [1.82, 2.24) is 16.0 Å². The number of nitrogens with one attached hydrogen (secondary N) is 3. The third-order valence-corrected chi connectivity index (χ3v) is 12.7. The summed E-state index contributed by atoms with van der Waals surface area (Å²) in [4.78, 5) is 125. The lowest BCUT2D eigenvalue weighted by Gasteiger charge is -2.51. The topological polar surface area (TPSA) is 299 Å². The number of ether oxygens (including phenoxy) is 10. The standard InChI is InChI=1S/C38H54ClN3O20S2/c1-14(43)40-27-32(58-22(9)51)34(25(60-36(27)39)12-54-18(5)47)63-38-29(42-16(3)45)33(59-23(10)52)35(26(62-38)13-55-19(6)48)64-37-28(41-15(2)44)31(57-21(8)50)30(56-20(7)49)24(61-37)11-53-17(4)46/h24-38H,11-13H2,1-10H3,(H,40,43)(H,41,44)(H,42,45)/t24-,25-,26-,27-,28-,29-,30-,31-,32-,33-,34-,35-,36+,37+,38+/m1/s1. The minimum Gasteiger partial charge on any atom is -0.463 e. The highest BCUT2D eigenvalue weighted by Crippen LogP contribution is 2.45. The van der Waals surface area contributed by atoms with Crippen LogP contribution < -0.4 is 16.0 Å². The molecular weight excluding hydrogens is 918 g/mol. The first kappa shape index (κ1) is 53.9. The van der Waals surface area contributed by atoms with Crippen molar-refractivity contribution in [3.63, 3.8) is 0 Å². The van der Waals surface area contributed by atoms with Crippen molar-refractivity contribution in [2.75, 3.05) is 19.8 Å². The van der Waals surface area contributed by atoms with Gasteiger partial charge in [-0.05, 0) is 0 Å². The Kier molecular flexibility index (Phi) is 20.8. The van der Waals surface area contributed by atoms with Crippen molar-refractivity contribution < 1.29 is 95.3 Å². The van der Waals surface area contributed by atoms with Gasteiger partial charge in [0.15, 0.2) is 17.8 Å². The molecule has 3 rings (SSSR count). The number of amides is 3. The molecule has 0 aliphatic carbocycles. The molecule has 64 heavy (non-hydrogen) atoms. The van der Waals surface area contributed by atoms with Crippen LogP contribution in [0.2, 0.25) is 0 Å². The Bertz CT molecular complexity index is 1760. The molecule has 0 saturated carbocycles. The maximum Gasteiger partial charge on any atom is 0.303 e. The summed E-state index contributed by atoms with van der Waals surface area (Å²) in [6.45, 7) is 9.66. The first-order valence-corrected chi connectivity index (χ1v) is 22.0. The monoisotopic (exact) mass is 971 g/mol. The highest BCUT2D eigenvalue weighted by molar-refractivity contribution is 8.01. The smallest absolute Gasteiger partial charge is 0.303 e. The SMILES string of the molecule is CC(=O)N[C@@H]1[C@@H](OC(C)=O)[C@H](S[C@@H]2O[C@H](COC(C)=O)[C@@H](S[C@@H]3O[C@H](COC(C)=O)[C@@H](OC(C)=O)[C@H](OC(C)=O)[C@H]3NC(C)=O)[C@H](OC(C)=O)[C@H]2NC(C)=O)[C@@H](COC(C)=O)O[C@@H]1Cl. The lowest BCUT2D eigenvalue weighted by atomic mass is 9.97. The Labute approximate surface area is 381 Å². The lowest BCUT2D eigenvalue weighted by Crippen LogP contribution is -2.68. The molecule has 360 valence electrons. The second-order valence-corrected chi connectivity index (χ2v) is 17.7. The van der Waals surface area contributed by atoms with E-state index < -0.39 is 167 Å². The predicted molar refractivity (Wildman–Crippen MR) is 220 cm³/mol. The minimum atomic E-state index is -1.49. The molecule has 26 heteroatoms. The molecule has 0 aromatic carbocycles. The Morgan fingerprint density at radius 2 is 0.734 bits per heavy atom. The zero-order chi connectivity index (χ0) is 48.2. The summed E-state index contributed by atoms with van der Waals surface area (Å²) in [5.41, 5.74) is -4.05. The van der Waals surface area contributed by atoms with E-state index in [4.69, 9.17) is 59.0 Å². The van der Waals surface area contributed by atoms with Crippen molar-refractivity contribution in [2.24, 2.45) is 0 Å². The minimum absolute atomic E-state index is 0.447. The van der Waals surface area contributed by atoms with E-state index >= 15 is 0 Å². The van der Waals surface area contributed by atoms with Gasteiger partial charge in [-0.25, -0.2) is 0 Å². The number of hydrogen-bond acceptors (Lipinski definition) is 22. The van der Waals surface area contributed by atoms with Gasteiger partial charge in [0.25, 0.3) is 0 Å². The summed E-state index contributed by atoms with van der Waals surface area (Å²) in [5.74, 6) is -7.49. The van der Waals surface area contributed by atoms with Gasteiger partial charge >= 0.3 is 41.8 Å². The fourth-order valence-corrected chi connectivity index (χ4v) is 10.6. The largest absolute Gasteiger partial charge is 0.463 e. The Hall–Kier alpha value is -4.43. The number of esters is 7. The van der Waals surface area contributed by atoms with E-state index in [1.807, 2.05) is 0 Å². The molecule has 0 aromatic rings. The predicted octanol–water partition coefficient (Wildman–Crippen LogP) is -0.466. The van der Waals surface area contributed by atoms with Crippen LogP contribution in [0.5, 0.6) is 0 Å². The van der Waals surface area contributed by atoms with Gasteiger partial charge < -0.3 is 63.3 Å². The molecule has 3 fully saturated rings. The van der Waals surface area contributed by atoms with Crippen molar-refractivity contribution in [1.29, 1.82) is 0 Å². The molecule has 0 unspecified atom stereocenters. The van der Waals surface area contributed by atoms with Crippen LogP contribution in [-0.2, 0) is 95.3 Å². The molecule has 0 bridgehead atoms. The molecule has 3 aliphatic heterocycles. The van der Waals surface area contributed by atoms with Gasteiger partial charge in [0.2, 0.25) is 17.7 Å². The van der Waals surface area contributed by atoms with Gasteiger partial charge in [0.05, 0.1) is 10.5 Å². The van der Waals surface area contributed by atoms with E-state index in [0.717, 1.165) is 85.8 Å². The van der Waals surface area contributed by atoms with Gasteiger partial charge in [-0.1, -0.05) is 11.6 Å². The fourth-order valence-electron chi connectivity index (χ4n) is 7.06. The summed E-state index contributed by atoms with van der Waals surface area (Å²) in [7, 11) is 0. The molecule has 0 aromatic heterocycles. The molecule has 3 amide bonds. The van der Waals surface area contributed by atoms with Crippen LogP contribution in [-0.4, -0.2) is 167 Å². The number of halogens is 1. The van der Waals surface area contributed by atoms with Crippen molar-refractivity contribution in [3.8, 4) is 0 Å². The average molecular weight is 972 g/mol. The van der Waals surface area contributed by atoms with Crippen molar-refractivity contribution in [2.45, 2.75) is 157 Å². The number of alkyl halides is 1. The van der Waals surface area contributed by atoms with Crippen LogP contribution in [0, 0.1) is 0 Å². The number of hydrogen-bond donors (Lipinski definition) is 3. The summed E-state index contributed by atoms with van der Waals surface area (Å²) >= 11 is 8.26. The first-order chi connectivity index (χ1) is 29.9. The normalized spacial score (nSPS) is 32.3. The van der Waals surface area contributed by atoms with Crippen LogP contribution in [0.25, 0.3) is 0 Å². The quantitative estimate of drug-likeness (QED) is 0.0943. The molecular formula is C38H54ClN3O20S2. The first-order valence-electron chi connectivity index (χ1n) is 19.7. The van der Waals surface area contributed by atoms with Gasteiger partial charge in [-0.3, -0.25) is 47.9 Å². The number of carbonyl (C=O) groups is 10. The zero-order valence-electron chi connectivity index (χ0n) is 36.6. The van der Waals surface area contributed by atoms with Crippen LogP contribution in [0.3, 0.4) is 0 Å². The molecule has 3 saturated heterocycles. The van der Waals surface area contributed by atoms with Gasteiger partial charge in [0, 0.05) is 69.2 Å². The van der Waals surface area contributed by atoms with E-state index in [1.165, 1.54) is 6.92 Å². The average Bonchev–Trinajstić information content (AvgIpc) is 3.15.